The Labute approximate surface area is 94.4 Å². The van der Waals surface area contributed by atoms with Gasteiger partial charge in [-0.3, -0.25) is 0 Å². The van der Waals surface area contributed by atoms with Crippen LogP contribution in [-0.4, -0.2) is 19.4 Å². The molecule has 1 unspecified atom stereocenters. The molecule has 0 bridgehead atoms. The molecular weight excluding hydrogens is 229 g/mol. The third kappa shape index (κ3) is 2.19. The largest absolute Gasteiger partial charge is 0.399 e. The maximum Gasteiger partial charge on any atom is 0.153 e. The molecule has 1 aliphatic heterocycles. The number of benzene rings is 1. The lowest BCUT2D eigenvalue weighted by atomic mass is 10.1. The van der Waals surface area contributed by atoms with Crippen molar-refractivity contribution in [3.8, 4) is 0 Å². The lowest BCUT2D eigenvalue weighted by molar-refractivity contribution is 0.587. The van der Waals surface area contributed by atoms with Crippen LogP contribution in [0.5, 0.6) is 0 Å². The molecule has 0 aromatic heterocycles. The van der Waals surface area contributed by atoms with Crippen LogP contribution >= 0.6 is 0 Å². The number of anilines is 1. The lowest BCUT2D eigenvalue weighted by Crippen LogP contribution is -2.19. The minimum absolute atomic E-state index is 0.243. The van der Waals surface area contributed by atoms with Crippen LogP contribution in [0.15, 0.2) is 18.2 Å². The van der Waals surface area contributed by atoms with Crippen LogP contribution in [0.4, 0.5) is 10.1 Å². The zero-order valence-electron chi connectivity index (χ0n) is 8.82. The summed E-state index contributed by atoms with van der Waals surface area (Å²) < 4.78 is 36.3. The molecule has 5 heteroatoms. The van der Waals surface area contributed by atoms with Crippen molar-refractivity contribution in [3.63, 3.8) is 0 Å². The predicted octanol–water partition coefficient (Wildman–Crippen LogP) is 1.53. The zero-order valence-corrected chi connectivity index (χ0v) is 9.63. The zero-order chi connectivity index (χ0) is 11.8. The van der Waals surface area contributed by atoms with Gasteiger partial charge in [-0.15, -0.1) is 0 Å². The van der Waals surface area contributed by atoms with Gasteiger partial charge in [-0.25, -0.2) is 12.8 Å². The van der Waals surface area contributed by atoms with Crippen molar-refractivity contribution < 1.29 is 12.8 Å². The predicted molar refractivity (Wildman–Crippen MR) is 61.3 cm³/mol. The lowest BCUT2D eigenvalue weighted by Gasteiger charge is -2.11. The summed E-state index contributed by atoms with van der Waals surface area (Å²) >= 11 is 0. The fourth-order valence-electron chi connectivity index (χ4n) is 2.08. The van der Waals surface area contributed by atoms with Crippen molar-refractivity contribution in [2.24, 2.45) is 0 Å². The van der Waals surface area contributed by atoms with Gasteiger partial charge in [0, 0.05) is 5.69 Å². The minimum atomic E-state index is -2.99. The van der Waals surface area contributed by atoms with Crippen molar-refractivity contribution in [3.05, 3.63) is 29.6 Å². The highest BCUT2D eigenvalue weighted by Crippen LogP contribution is 2.26. The highest BCUT2D eigenvalue weighted by molar-refractivity contribution is 7.92. The quantitative estimate of drug-likeness (QED) is 0.801. The first-order valence-corrected chi connectivity index (χ1v) is 6.96. The summed E-state index contributed by atoms with van der Waals surface area (Å²) in [7, 11) is -2.99. The second kappa shape index (κ2) is 4.05. The highest BCUT2D eigenvalue weighted by Gasteiger charge is 2.31. The van der Waals surface area contributed by atoms with E-state index < -0.39 is 15.1 Å². The summed E-state index contributed by atoms with van der Waals surface area (Å²) in [5, 5.41) is -0.392. The molecule has 2 N–H and O–H groups in total. The van der Waals surface area contributed by atoms with Crippen LogP contribution in [0.1, 0.15) is 18.4 Å². The van der Waals surface area contributed by atoms with Crippen molar-refractivity contribution in [2.75, 3.05) is 11.5 Å². The summed E-state index contributed by atoms with van der Waals surface area (Å²) in [6.07, 6.45) is 1.67. The van der Waals surface area contributed by atoms with Gasteiger partial charge >= 0.3 is 0 Å². The van der Waals surface area contributed by atoms with Crippen LogP contribution in [0.2, 0.25) is 0 Å². The Bertz CT molecular complexity index is 499. The maximum atomic E-state index is 13.0. The second-order valence-electron chi connectivity index (χ2n) is 4.18. The summed E-state index contributed by atoms with van der Waals surface area (Å²) in [6.45, 7) is 0. The van der Waals surface area contributed by atoms with Crippen LogP contribution in [0.25, 0.3) is 0 Å². The van der Waals surface area contributed by atoms with Crippen LogP contribution < -0.4 is 5.73 Å². The Kier molecular flexibility index (Phi) is 2.88. The monoisotopic (exact) mass is 243 g/mol. The molecule has 16 heavy (non-hydrogen) atoms. The third-order valence-corrected chi connectivity index (χ3v) is 5.29. The molecule has 2 rings (SSSR count). The van der Waals surface area contributed by atoms with Gasteiger partial charge in [0.1, 0.15) is 5.82 Å². The minimum Gasteiger partial charge on any atom is -0.399 e. The van der Waals surface area contributed by atoms with E-state index in [9.17, 15) is 12.8 Å². The smallest absolute Gasteiger partial charge is 0.153 e. The van der Waals surface area contributed by atoms with Crippen LogP contribution in [0, 0.1) is 5.82 Å². The average molecular weight is 243 g/mol. The van der Waals surface area contributed by atoms with Crippen LogP contribution in [-0.2, 0) is 16.3 Å². The molecule has 0 aliphatic carbocycles. The summed E-state index contributed by atoms with van der Waals surface area (Å²) in [4.78, 5) is 0. The molecule has 0 spiro atoms. The first-order chi connectivity index (χ1) is 7.49. The molecule has 1 saturated heterocycles. The maximum absolute atomic E-state index is 13.0. The van der Waals surface area contributed by atoms with Gasteiger partial charge in [-0.2, -0.15) is 0 Å². The number of nitrogen functional groups attached to an aromatic ring is 1. The Morgan fingerprint density at radius 1 is 1.44 bits per heavy atom. The van der Waals surface area contributed by atoms with Crippen molar-refractivity contribution in [1.29, 1.82) is 0 Å². The second-order valence-corrected chi connectivity index (χ2v) is 6.58. The molecule has 1 aromatic carbocycles. The van der Waals surface area contributed by atoms with E-state index in [-0.39, 0.29) is 11.6 Å². The molecule has 1 aliphatic rings. The molecule has 1 atom stereocenters. The Balaban J connectivity index is 2.24. The summed E-state index contributed by atoms with van der Waals surface area (Å²) in [5.41, 5.74) is 6.75. The molecule has 0 amide bonds. The topological polar surface area (TPSA) is 60.2 Å². The van der Waals surface area contributed by atoms with E-state index in [0.29, 0.717) is 30.5 Å². The van der Waals surface area contributed by atoms with E-state index in [0.717, 1.165) is 0 Å². The van der Waals surface area contributed by atoms with E-state index in [1.165, 1.54) is 18.2 Å². The average Bonchev–Trinajstić information content (AvgIpc) is 2.52. The van der Waals surface area contributed by atoms with E-state index >= 15 is 0 Å². The molecule has 88 valence electrons. The molecule has 3 nitrogen and oxygen atoms in total. The molecule has 0 radical (unpaired) electrons. The molecule has 1 fully saturated rings. The van der Waals surface area contributed by atoms with Gasteiger partial charge in [0.15, 0.2) is 9.84 Å². The normalized spacial score (nSPS) is 23.4. The van der Waals surface area contributed by atoms with Gasteiger partial charge in [-0.05, 0) is 43.0 Å². The van der Waals surface area contributed by atoms with E-state index in [1.54, 1.807) is 0 Å². The Hall–Kier alpha value is -1.10. The molecule has 0 saturated carbocycles. The van der Waals surface area contributed by atoms with E-state index in [4.69, 9.17) is 5.73 Å². The highest BCUT2D eigenvalue weighted by atomic mass is 32.2. The number of nitrogens with two attached hydrogens (primary N) is 1. The number of halogens is 1. The number of rotatable bonds is 2. The van der Waals surface area contributed by atoms with Crippen molar-refractivity contribution >= 4 is 15.5 Å². The van der Waals surface area contributed by atoms with Gasteiger partial charge < -0.3 is 5.73 Å². The van der Waals surface area contributed by atoms with Crippen LogP contribution in [0.3, 0.4) is 0 Å². The van der Waals surface area contributed by atoms with Gasteiger partial charge in [0.25, 0.3) is 0 Å². The van der Waals surface area contributed by atoms with Crippen molar-refractivity contribution in [1.82, 2.24) is 0 Å². The fourth-order valence-corrected chi connectivity index (χ4v) is 3.95. The molecule has 1 aromatic rings. The fraction of sp³-hybridized carbons (Fsp3) is 0.455. The Morgan fingerprint density at radius 2 is 2.19 bits per heavy atom. The van der Waals surface area contributed by atoms with Gasteiger partial charge in [0.2, 0.25) is 0 Å². The third-order valence-electron chi connectivity index (χ3n) is 3.02. The van der Waals surface area contributed by atoms with Gasteiger partial charge in [-0.1, -0.05) is 0 Å². The number of hydrogen-bond acceptors (Lipinski definition) is 3. The molecule has 1 heterocycles. The summed E-state index contributed by atoms with van der Waals surface area (Å²) in [5.74, 6) is -0.132. The van der Waals surface area contributed by atoms with Crippen molar-refractivity contribution in [2.45, 2.75) is 24.5 Å². The number of hydrogen-bond donors (Lipinski definition) is 1. The standard InChI is InChI=1S/C11H14FNO2S/c12-9-3-4-11(13)8(6-9)7-10-2-1-5-16(10,14)15/h3-4,6,10H,1-2,5,7,13H2. The van der Waals surface area contributed by atoms with Gasteiger partial charge in [0.05, 0.1) is 11.0 Å². The summed E-state index contributed by atoms with van der Waals surface area (Å²) in [6, 6.07) is 4.08. The van der Waals surface area contributed by atoms with E-state index in [2.05, 4.69) is 0 Å². The van der Waals surface area contributed by atoms with E-state index in [1.807, 2.05) is 0 Å². The first kappa shape index (κ1) is 11.4. The molecular formula is C11H14FNO2S. The number of sulfone groups is 1. The first-order valence-electron chi connectivity index (χ1n) is 5.24. The SMILES string of the molecule is Nc1ccc(F)cc1CC1CCCS1(=O)=O. The Morgan fingerprint density at radius 3 is 2.81 bits per heavy atom.